The molecule has 96 valence electrons. The van der Waals surface area contributed by atoms with Crippen LogP contribution in [-0.4, -0.2) is 28.0 Å². The number of aromatic nitrogens is 2. The summed E-state index contributed by atoms with van der Waals surface area (Å²) >= 11 is 3.27. The third kappa shape index (κ3) is 3.81. The normalized spacial score (nSPS) is 12.5. The molecule has 0 aliphatic carbocycles. The first-order chi connectivity index (χ1) is 8.10. The predicted octanol–water partition coefficient (Wildman–Crippen LogP) is 1.46. The maximum atomic E-state index is 11.9. The van der Waals surface area contributed by atoms with Crippen molar-refractivity contribution in [3.63, 3.8) is 0 Å². The summed E-state index contributed by atoms with van der Waals surface area (Å²) in [5, 5.41) is 16.1. The van der Waals surface area contributed by atoms with E-state index in [1.165, 1.54) is 4.68 Å². The highest BCUT2D eigenvalue weighted by molar-refractivity contribution is 9.10. The molecular weight excluding hydrogens is 286 g/mol. The number of hydrogen-bond acceptors (Lipinski definition) is 4. The molecule has 6 heteroatoms. The van der Waals surface area contributed by atoms with Crippen LogP contribution in [0, 0.1) is 5.92 Å². The van der Waals surface area contributed by atoms with Gasteiger partial charge in [-0.2, -0.15) is 5.10 Å². The number of hydrogen-bond donors (Lipinski definition) is 2. The molecule has 0 aliphatic heterocycles. The standard InChI is InChI=1S/C11H18BrN3O2/c1-3-4-15-11(17)10(12)9(6-14-15)13-5-8(2)7-16/h6,8,13,16H,3-5,7H2,1-2H3. The minimum Gasteiger partial charge on any atom is -0.396 e. The molecule has 17 heavy (non-hydrogen) atoms. The molecule has 0 saturated heterocycles. The zero-order valence-electron chi connectivity index (χ0n) is 10.1. The van der Waals surface area contributed by atoms with Crippen molar-refractivity contribution < 1.29 is 5.11 Å². The van der Waals surface area contributed by atoms with Crippen molar-refractivity contribution in [1.82, 2.24) is 9.78 Å². The minimum absolute atomic E-state index is 0.116. The zero-order chi connectivity index (χ0) is 12.8. The van der Waals surface area contributed by atoms with Gasteiger partial charge in [0.05, 0.1) is 11.9 Å². The van der Waals surface area contributed by atoms with Gasteiger partial charge in [0.2, 0.25) is 0 Å². The van der Waals surface area contributed by atoms with Crippen LogP contribution in [0.3, 0.4) is 0 Å². The molecule has 0 spiro atoms. The summed E-state index contributed by atoms with van der Waals surface area (Å²) in [7, 11) is 0. The molecule has 1 unspecified atom stereocenters. The van der Waals surface area contributed by atoms with Crippen molar-refractivity contribution in [3.05, 3.63) is 21.0 Å². The largest absolute Gasteiger partial charge is 0.396 e. The Bertz CT molecular complexity index is 420. The summed E-state index contributed by atoms with van der Waals surface area (Å²) in [6.45, 7) is 5.26. The fourth-order valence-electron chi connectivity index (χ4n) is 1.31. The van der Waals surface area contributed by atoms with E-state index in [1.54, 1.807) is 6.20 Å². The van der Waals surface area contributed by atoms with Crippen LogP contribution in [0.15, 0.2) is 15.5 Å². The highest BCUT2D eigenvalue weighted by atomic mass is 79.9. The molecule has 1 aromatic rings. The van der Waals surface area contributed by atoms with Gasteiger partial charge in [0.25, 0.3) is 5.56 Å². The monoisotopic (exact) mass is 303 g/mol. The predicted molar refractivity (Wildman–Crippen MR) is 71.2 cm³/mol. The molecule has 1 heterocycles. The Morgan fingerprint density at radius 3 is 2.94 bits per heavy atom. The maximum absolute atomic E-state index is 11.9. The molecular formula is C11H18BrN3O2. The van der Waals surface area contributed by atoms with Gasteiger partial charge >= 0.3 is 0 Å². The summed E-state index contributed by atoms with van der Waals surface area (Å²) in [6.07, 6.45) is 2.50. The summed E-state index contributed by atoms with van der Waals surface area (Å²) < 4.78 is 1.93. The number of aliphatic hydroxyl groups is 1. The van der Waals surface area contributed by atoms with Crippen LogP contribution in [0.1, 0.15) is 20.3 Å². The highest BCUT2D eigenvalue weighted by Crippen LogP contribution is 2.16. The summed E-state index contributed by atoms with van der Waals surface area (Å²) in [6, 6.07) is 0. The molecule has 1 rings (SSSR count). The molecule has 0 radical (unpaired) electrons. The smallest absolute Gasteiger partial charge is 0.283 e. The van der Waals surface area contributed by atoms with Crippen molar-refractivity contribution in [2.75, 3.05) is 18.5 Å². The van der Waals surface area contributed by atoms with Gasteiger partial charge in [-0.1, -0.05) is 13.8 Å². The Labute approximate surface area is 109 Å². The van der Waals surface area contributed by atoms with E-state index in [0.717, 1.165) is 6.42 Å². The van der Waals surface area contributed by atoms with Crippen LogP contribution in [0.4, 0.5) is 5.69 Å². The van der Waals surface area contributed by atoms with Crippen molar-refractivity contribution in [2.24, 2.45) is 5.92 Å². The first kappa shape index (κ1) is 14.2. The molecule has 2 N–H and O–H groups in total. The average molecular weight is 304 g/mol. The summed E-state index contributed by atoms with van der Waals surface area (Å²) in [5.74, 6) is 0.139. The Hall–Kier alpha value is -0.880. The molecule has 0 saturated carbocycles. The second-order valence-electron chi connectivity index (χ2n) is 4.07. The fraction of sp³-hybridized carbons (Fsp3) is 0.636. The lowest BCUT2D eigenvalue weighted by Crippen LogP contribution is -2.25. The van der Waals surface area contributed by atoms with E-state index in [4.69, 9.17) is 5.11 Å². The molecule has 1 aromatic heterocycles. The van der Waals surface area contributed by atoms with E-state index < -0.39 is 0 Å². The first-order valence-corrected chi connectivity index (χ1v) is 6.49. The lowest BCUT2D eigenvalue weighted by molar-refractivity contribution is 0.244. The maximum Gasteiger partial charge on any atom is 0.283 e. The van der Waals surface area contributed by atoms with E-state index in [2.05, 4.69) is 26.3 Å². The number of halogens is 1. The number of anilines is 1. The van der Waals surface area contributed by atoms with Crippen LogP contribution >= 0.6 is 15.9 Å². The van der Waals surface area contributed by atoms with Crippen LogP contribution < -0.4 is 10.9 Å². The van der Waals surface area contributed by atoms with Crippen LogP contribution in [0.2, 0.25) is 0 Å². The van der Waals surface area contributed by atoms with Gasteiger partial charge in [-0.05, 0) is 28.3 Å². The fourth-order valence-corrected chi connectivity index (χ4v) is 1.76. The summed E-state index contributed by atoms with van der Waals surface area (Å²) in [5.41, 5.74) is 0.538. The average Bonchev–Trinajstić information content (AvgIpc) is 2.34. The Balaban J connectivity index is 2.82. The zero-order valence-corrected chi connectivity index (χ0v) is 11.7. The first-order valence-electron chi connectivity index (χ1n) is 5.70. The molecule has 0 aromatic carbocycles. The number of aliphatic hydroxyl groups excluding tert-OH is 1. The molecule has 0 bridgehead atoms. The van der Waals surface area contributed by atoms with Gasteiger partial charge in [0.15, 0.2) is 0 Å². The van der Waals surface area contributed by atoms with Gasteiger partial charge < -0.3 is 10.4 Å². The summed E-state index contributed by atoms with van der Waals surface area (Å²) in [4.78, 5) is 11.9. The quantitative estimate of drug-likeness (QED) is 0.835. The third-order valence-corrected chi connectivity index (χ3v) is 3.14. The van der Waals surface area contributed by atoms with E-state index in [-0.39, 0.29) is 18.1 Å². The number of nitrogens with one attached hydrogen (secondary N) is 1. The number of nitrogens with zero attached hydrogens (tertiary/aromatic N) is 2. The van der Waals surface area contributed by atoms with E-state index in [9.17, 15) is 4.79 Å². The topological polar surface area (TPSA) is 67.2 Å². The molecule has 0 aliphatic rings. The van der Waals surface area contributed by atoms with Crippen molar-refractivity contribution in [3.8, 4) is 0 Å². The Morgan fingerprint density at radius 1 is 1.65 bits per heavy atom. The third-order valence-electron chi connectivity index (χ3n) is 2.37. The molecule has 0 amide bonds. The van der Waals surface area contributed by atoms with Crippen LogP contribution in [0.5, 0.6) is 0 Å². The van der Waals surface area contributed by atoms with Gasteiger partial charge in [0, 0.05) is 19.7 Å². The lowest BCUT2D eigenvalue weighted by Gasteiger charge is -2.12. The van der Waals surface area contributed by atoms with E-state index in [1.807, 2.05) is 13.8 Å². The van der Waals surface area contributed by atoms with Gasteiger partial charge in [0.1, 0.15) is 4.47 Å². The number of aryl methyl sites for hydroxylation is 1. The highest BCUT2D eigenvalue weighted by Gasteiger charge is 2.09. The second kappa shape index (κ2) is 6.76. The Morgan fingerprint density at radius 2 is 2.35 bits per heavy atom. The van der Waals surface area contributed by atoms with Crippen molar-refractivity contribution >= 4 is 21.6 Å². The SMILES string of the molecule is CCCn1ncc(NCC(C)CO)c(Br)c1=O. The van der Waals surface area contributed by atoms with E-state index >= 15 is 0 Å². The lowest BCUT2D eigenvalue weighted by atomic mass is 10.2. The van der Waals surface area contributed by atoms with Crippen molar-refractivity contribution in [2.45, 2.75) is 26.8 Å². The van der Waals surface area contributed by atoms with Gasteiger partial charge in [-0.3, -0.25) is 4.79 Å². The minimum atomic E-state index is -0.131. The van der Waals surface area contributed by atoms with Crippen LogP contribution in [-0.2, 0) is 6.54 Å². The van der Waals surface area contributed by atoms with Crippen LogP contribution in [0.25, 0.3) is 0 Å². The molecule has 0 fully saturated rings. The van der Waals surface area contributed by atoms with Gasteiger partial charge in [-0.25, -0.2) is 4.68 Å². The molecule has 1 atom stereocenters. The van der Waals surface area contributed by atoms with Crippen molar-refractivity contribution in [1.29, 1.82) is 0 Å². The van der Waals surface area contributed by atoms with Gasteiger partial charge in [-0.15, -0.1) is 0 Å². The second-order valence-corrected chi connectivity index (χ2v) is 4.86. The number of rotatable bonds is 6. The molecule has 5 nitrogen and oxygen atoms in total. The Kier molecular flexibility index (Phi) is 5.64. The van der Waals surface area contributed by atoms with E-state index in [0.29, 0.717) is 23.2 Å².